The molecule has 1 aromatic rings. The average molecular weight is 331 g/mol. The zero-order valence-electron chi connectivity index (χ0n) is 14.8. The molecular weight excluding hydrogens is 302 g/mol. The number of nitrogens with zero attached hydrogens (tertiary/aromatic N) is 1. The van der Waals surface area contributed by atoms with Crippen molar-refractivity contribution in [2.75, 3.05) is 19.8 Å². The minimum absolute atomic E-state index is 0.107. The first-order chi connectivity index (χ1) is 11.5. The van der Waals surface area contributed by atoms with Gasteiger partial charge in [-0.15, -0.1) is 0 Å². The van der Waals surface area contributed by atoms with Crippen LogP contribution in [0.15, 0.2) is 18.2 Å². The molecular formula is C20H29NO3. The predicted molar refractivity (Wildman–Crippen MR) is 93.2 cm³/mol. The highest BCUT2D eigenvalue weighted by molar-refractivity contribution is 5.45. The first-order valence-corrected chi connectivity index (χ1v) is 9.33. The molecule has 132 valence electrons. The fraction of sp³-hybridized carbons (Fsp3) is 0.700. The molecule has 2 fully saturated rings. The summed E-state index contributed by atoms with van der Waals surface area (Å²) in [5.74, 6) is 1.43. The van der Waals surface area contributed by atoms with Crippen LogP contribution in [0.25, 0.3) is 0 Å². The Morgan fingerprint density at radius 2 is 2.17 bits per heavy atom. The van der Waals surface area contributed by atoms with E-state index in [0.29, 0.717) is 12.0 Å². The lowest BCUT2D eigenvalue weighted by molar-refractivity contribution is -0.0539. The van der Waals surface area contributed by atoms with Gasteiger partial charge in [-0.1, -0.05) is 24.6 Å². The average Bonchev–Trinajstić information content (AvgIpc) is 3.10. The van der Waals surface area contributed by atoms with Crippen molar-refractivity contribution in [3.8, 4) is 5.75 Å². The van der Waals surface area contributed by atoms with Gasteiger partial charge in [0.05, 0.1) is 19.3 Å². The van der Waals surface area contributed by atoms with Gasteiger partial charge in [-0.05, 0) is 32.3 Å². The van der Waals surface area contributed by atoms with E-state index in [9.17, 15) is 5.11 Å². The standard InChI is InChI=1S/C20H29NO3/c1-20(2)11-14-5-3-6-15(19(14)24-20)12-21-9-10-23-13-17(21)16-7-4-8-18(16)22/h3,5-6,16-18,22H,4,7-13H2,1-2H3/t16-,17-,18-/m1/s1. The molecule has 3 aliphatic rings. The van der Waals surface area contributed by atoms with Crippen molar-refractivity contribution in [1.82, 2.24) is 4.90 Å². The Morgan fingerprint density at radius 1 is 1.29 bits per heavy atom. The normalized spacial score (nSPS) is 32.5. The Balaban J connectivity index is 1.55. The number of fused-ring (bicyclic) bond motifs is 1. The van der Waals surface area contributed by atoms with Gasteiger partial charge in [-0.2, -0.15) is 0 Å². The van der Waals surface area contributed by atoms with Crippen molar-refractivity contribution in [3.05, 3.63) is 29.3 Å². The molecule has 0 spiro atoms. The zero-order chi connectivity index (χ0) is 16.7. The maximum Gasteiger partial charge on any atom is 0.127 e. The summed E-state index contributed by atoms with van der Waals surface area (Å²) in [6.07, 6.45) is 3.99. The monoisotopic (exact) mass is 331 g/mol. The maximum absolute atomic E-state index is 10.3. The van der Waals surface area contributed by atoms with Gasteiger partial charge >= 0.3 is 0 Å². The van der Waals surface area contributed by atoms with Crippen molar-refractivity contribution in [2.45, 2.75) is 63.8 Å². The largest absolute Gasteiger partial charge is 0.487 e. The van der Waals surface area contributed by atoms with Crippen LogP contribution in [0, 0.1) is 5.92 Å². The van der Waals surface area contributed by atoms with Crippen LogP contribution in [0.5, 0.6) is 5.75 Å². The van der Waals surface area contributed by atoms with Crippen LogP contribution in [0.2, 0.25) is 0 Å². The van der Waals surface area contributed by atoms with Gasteiger partial charge in [0.25, 0.3) is 0 Å². The molecule has 0 unspecified atom stereocenters. The lowest BCUT2D eigenvalue weighted by Crippen LogP contribution is -2.50. The highest BCUT2D eigenvalue weighted by atomic mass is 16.5. The lowest BCUT2D eigenvalue weighted by Gasteiger charge is -2.40. The quantitative estimate of drug-likeness (QED) is 0.925. The number of ether oxygens (including phenoxy) is 2. The van der Waals surface area contributed by atoms with Gasteiger partial charge < -0.3 is 14.6 Å². The molecule has 4 nitrogen and oxygen atoms in total. The molecule has 24 heavy (non-hydrogen) atoms. The second-order valence-electron chi connectivity index (χ2n) is 8.22. The summed E-state index contributed by atoms with van der Waals surface area (Å²) in [4.78, 5) is 2.51. The van der Waals surface area contributed by atoms with Gasteiger partial charge in [0.1, 0.15) is 11.4 Å². The summed E-state index contributed by atoms with van der Waals surface area (Å²) < 4.78 is 12.0. The van der Waals surface area contributed by atoms with Gasteiger partial charge in [-0.25, -0.2) is 0 Å². The fourth-order valence-corrected chi connectivity index (χ4v) is 4.69. The highest BCUT2D eigenvalue weighted by Gasteiger charge is 2.38. The minimum atomic E-state index is -0.170. The third-order valence-corrected chi connectivity index (χ3v) is 5.85. The fourth-order valence-electron chi connectivity index (χ4n) is 4.69. The summed E-state index contributed by atoms with van der Waals surface area (Å²) in [6, 6.07) is 6.85. The number of morpholine rings is 1. The highest BCUT2D eigenvalue weighted by Crippen LogP contribution is 2.39. The number of para-hydroxylation sites is 1. The van der Waals surface area contributed by atoms with Crippen LogP contribution >= 0.6 is 0 Å². The van der Waals surface area contributed by atoms with E-state index >= 15 is 0 Å². The Kier molecular flexibility index (Phi) is 4.31. The molecule has 4 rings (SSSR count). The molecule has 1 saturated heterocycles. The summed E-state index contributed by atoms with van der Waals surface area (Å²) in [5.41, 5.74) is 2.49. The molecule has 0 amide bonds. The smallest absolute Gasteiger partial charge is 0.127 e. The van der Waals surface area contributed by atoms with Gasteiger partial charge in [0.2, 0.25) is 0 Å². The van der Waals surface area contributed by atoms with Crippen molar-refractivity contribution in [3.63, 3.8) is 0 Å². The Morgan fingerprint density at radius 3 is 2.96 bits per heavy atom. The SMILES string of the molecule is CC1(C)Cc2cccc(CN3CCOC[C@@H]3[C@H]3CCC[C@H]3O)c2O1. The van der Waals surface area contributed by atoms with Crippen LogP contribution in [0.1, 0.15) is 44.2 Å². The Labute approximate surface area is 144 Å². The second-order valence-corrected chi connectivity index (χ2v) is 8.22. The van der Waals surface area contributed by atoms with Crippen molar-refractivity contribution in [2.24, 2.45) is 5.92 Å². The van der Waals surface area contributed by atoms with E-state index in [-0.39, 0.29) is 11.7 Å². The number of rotatable bonds is 3. The molecule has 1 N–H and O–H groups in total. The molecule has 1 saturated carbocycles. The van der Waals surface area contributed by atoms with Crippen LogP contribution < -0.4 is 4.74 Å². The molecule has 0 bridgehead atoms. The minimum Gasteiger partial charge on any atom is -0.487 e. The Bertz CT molecular complexity index is 601. The third kappa shape index (κ3) is 3.07. The Hall–Kier alpha value is -1.10. The van der Waals surface area contributed by atoms with E-state index in [1.54, 1.807) is 0 Å². The van der Waals surface area contributed by atoms with Gasteiger partial charge in [-0.3, -0.25) is 4.90 Å². The second kappa shape index (κ2) is 6.32. The van der Waals surface area contributed by atoms with E-state index in [1.165, 1.54) is 11.1 Å². The van der Waals surface area contributed by atoms with Gasteiger partial charge in [0, 0.05) is 37.0 Å². The van der Waals surface area contributed by atoms with Crippen molar-refractivity contribution >= 4 is 0 Å². The molecule has 2 heterocycles. The zero-order valence-corrected chi connectivity index (χ0v) is 14.8. The summed E-state index contributed by atoms with van der Waals surface area (Å²) >= 11 is 0. The molecule has 1 aliphatic carbocycles. The number of aliphatic hydroxyl groups excluding tert-OH is 1. The number of benzene rings is 1. The summed E-state index contributed by atoms with van der Waals surface area (Å²) in [6.45, 7) is 7.65. The van der Waals surface area contributed by atoms with Gasteiger partial charge in [0.15, 0.2) is 0 Å². The van der Waals surface area contributed by atoms with Crippen LogP contribution in [-0.2, 0) is 17.7 Å². The van der Waals surface area contributed by atoms with Crippen molar-refractivity contribution < 1.29 is 14.6 Å². The van der Waals surface area contributed by atoms with E-state index < -0.39 is 0 Å². The van der Waals surface area contributed by atoms with Crippen LogP contribution in [0.3, 0.4) is 0 Å². The molecule has 1 aromatic carbocycles. The number of hydrogen-bond acceptors (Lipinski definition) is 4. The summed E-state index contributed by atoms with van der Waals surface area (Å²) in [5, 5.41) is 10.3. The van der Waals surface area contributed by atoms with E-state index in [1.807, 2.05) is 0 Å². The maximum atomic E-state index is 10.3. The molecule has 0 aromatic heterocycles. The predicted octanol–water partition coefficient (Wildman–Crippen LogP) is 2.76. The third-order valence-electron chi connectivity index (χ3n) is 5.85. The lowest BCUT2D eigenvalue weighted by atomic mass is 9.93. The first kappa shape index (κ1) is 16.4. The number of hydrogen-bond donors (Lipinski definition) is 1. The molecule has 3 atom stereocenters. The van der Waals surface area contributed by atoms with E-state index in [0.717, 1.165) is 57.7 Å². The van der Waals surface area contributed by atoms with E-state index in [4.69, 9.17) is 9.47 Å². The topological polar surface area (TPSA) is 41.9 Å². The van der Waals surface area contributed by atoms with Crippen LogP contribution in [-0.4, -0.2) is 47.5 Å². The van der Waals surface area contributed by atoms with Crippen LogP contribution in [0.4, 0.5) is 0 Å². The molecule has 2 aliphatic heterocycles. The first-order valence-electron chi connectivity index (χ1n) is 9.33. The van der Waals surface area contributed by atoms with Crippen molar-refractivity contribution in [1.29, 1.82) is 0 Å². The number of aliphatic hydroxyl groups is 1. The van der Waals surface area contributed by atoms with E-state index in [2.05, 4.69) is 36.9 Å². The summed E-state index contributed by atoms with van der Waals surface area (Å²) in [7, 11) is 0. The molecule has 4 heteroatoms. The molecule has 0 radical (unpaired) electrons.